The van der Waals surface area contributed by atoms with Gasteiger partial charge in [0.15, 0.2) is 6.10 Å². The van der Waals surface area contributed by atoms with Gasteiger partial charge in [-0.05, 0) is 135 Å². The van der Waals surface area contributed by atoms with E-state index in [-0.39, 0.29) is 25.2 Å². The van der Waals surface area contributed by atoms with Crippen molar-refractivity contribution in [3.8, 4) is 0 Å². The summed E-state index contributed by atoms with van der Waals surface area (Å²) in [5.41, 5.74) is 0. The second-order valence-corrected chi connectivity index (χ2v) is 18.0. The molecule has 5 nitrogen and oxygen atoms in total. The molecule has 0 amide bonds. The fourth-order valence-corrected chi connectivity index (χ4v) is 7.25. The van der Waals surface area contributed by atoms with Gasteiger partial charge >= 0.3 is 11.9 Å². The molecule has 1 atom stereocenters. The fourth-order valence-electron chi connectivity index (χ4n) is 7.25. The number of ether oxygens (including phenoxy) is 3. The van der Waals surface area contributed by atoms with Crippen LogP contribution in [0.25, 0.3) is 0 Å². The molecule has 0 saturated heterocycles. The third-order valence-corrected chi connectivity index (χ3v) is 11.4. The van der Waals surface area contributed by atoms with Crippen molar-refractivity contribution < 1.29 is 23.8 Å². The number of carbonyl (C=O) groups is 2. The standard InChI is InChI=1S/C65H104O5/c1-4-7-10-13-16-19-22-25-28-31-33-35-37-40-43-46-49-52-55-58-64(66)69-62-63(61-68-60-57-54-51-48-45-42-39-30-27-24-21-18-15-12-9-6-3)70-65(67)59-56-53-50-47-44-41-38-36-34-32-29-26-23-20-17-14-11-8-5-2/h7-12,16-21,25-30,33-36,42,45,63H,4-6,13-15,22-24,31-32,37-41,43-44,46-62H2,1-3H3/b10-7-,11-8-,12-9-,19-16-,20-17-,21-18-,28-25-,29-26-,30-27-,35-33-,36-34-,45-42-. The third-order valence-electron chi connectivity index (χ3n) is 11.4. The molecule has 0 aliphatic heterocycles. The Hall–Kier alpha value is -4.22. The first-order chi connectivity index (χ1) is 34.6. The molecule has 394 valence electrons. The molecule has 0 heterocycles. The SMILES string of the molecule is CC/C=C\C/C=C\C/C=C\C/C=C\CCCCCCCCC(=O)OCC(COCCCCC/C=C\C/C=C\C/C=C\C/C=C\CC)OC(=O)CCCCCCCC/C=C\C/C=C\C/C=C\C/C=C\CC. The molecule has 0 rings (SSSR count). The molecule has 5 heteroatoms. The summed E-state index contributed by atoms with van der Waals surface area (Å²) in [5.74, 6) is -0.456. The Kier molecular flexibility index (Phi) is 55.5. The highest BCUT2D eigenvalue weighted by Gasteiger charge is 2.17. The van der Waals surface area contributed by atoms with E-state index in [9.17, 15) is 9.59 Å². The van der Waals surface area contributed by atoms with Crippen molar-refractivity contribution in [3.05, 3.63) is 146 Å². The molecule has 0 N–H and O–H groups in total. The van der Waals surface area contributed by atoms with Crippen molar-refractivity contribution in [2.75, 3.05) is 19.8 Å². The Balaban J connectivity index is 4.42. The second kappa shape index (κ2) is 59.1. The molecule has 0 saturated carbocycles. The average molecular weight is 966 g/mol. The van der Waals surface area contributed by atoms with Crippen LogP contribution in [0.2, 0.25) is 0 Å². The number of carbonyl (C=O) groups excluding carboxylic acids is 2. The fraction of sp³-hybridized carbons (Fsp3) is 0.600. The lowest BCUT2D eigenvalue weighted by molar-refractivity contribution is -0.163. The van der Waals surface area contributed by atoms with Gasteiger partial charge in [0.1, 0.15) is 6.61 Å². The number of unbranched alkanes of at least 4 members (excludes halogenated alkanes) is 15. The van der Waals surface area contributed by atoms with Crippen LogP contribution in [-0.4, -0.2) is 37.9 Å². The van der Waals surface area contributed by atoms with Gasteiger partial charge in [0.2, 0.25) is 0 Å². The Morgan fingerprint density at radius 1 is 0.314 bits per heavy atom. The molecule has 0 spiro atoms. The van der Waals surface area contributed by atoms with Gasteiger partial charge in [0.05, 0.1) is 6.61 Å². The Morgan fingerprint density at radius 3 is 0.957 bits per heavy atom. The van der Waals surface area contributed by atoms with E-state index in [4.69, 9.17) is 14.2 Å². The van der Waals surface area contributed by atoms with E-state index in [1.54, 1.807) is 0 Å². The van der Waals surface area contributed by atoms with Crippen LogP contribution in [-0.2, 0) is 23.8 Å². The quantitative estimate of drug-likeness (QED) is 0.0345. The number of hydrogen-bond donors (Lipinski definition) is 0. The minimum Gasteiger partial charge on any atom is -0.462 e. The lowest BCUT2D eigenvalue weighted by Gasteiger charge is -2.18. The van der Waals surface area contributed by atoms with Gasteiger partial charge in [-0.15, -0.1) is 0 Å². The first-order valence-electron chi connectivity index (χ1n) is 28.4. The number of allylic oxidation sites excluding steroid dienone is 24. The van der Waals surface area contributed by atoms with Crippen LogP contribution in [0.15, 0.2) is 146 Å². The number of hydrogen-bond acceptors (Lipinski definition) is 5. The summed E-state index contributed by atoms with van der Waals surface area (Å²) in [6.07, 6.45) is 85.8. The predicted molar refractivity (Wildman–Crippen MR) is 306 cm³/mol. The summed E-state index contributed by atoms with van der Waals surface area (Å²) >= 11 is 0. The van der Waals surface area contributed by atoms with Crippen molar-refractivity contribution in [1.82, 2.24) is 0 Å². The van der Waals surface area contributed by atoms with Gasteiger partial charge in [-0.1, -0.05) is 224 Å². The summed E-state index contributed by atoms with van der Waals surface area (Å²) in [7, 11) is 0. The number of rotatable bonds is 50. The monoisotopic (exact) mass is 965 g/mol. The summed E-state index contributed by atoms with van der Waals surface area (Å²) in [6, 6.07) is 0. The first kappa shape index (κ1) is 65.8. The second-order valence-electron chi connectivity index (χ2n) is 18.0. The smallest absolute Gasteiger partial charge is 0.306 e. The summed E-state index contributed by atoms with van der Waals surface area (Å²) in [5, 5.41) is 0. The molecule has 0 radical (unpaired) electrons. The third kappa shape index (κ3) is 56.4. The Morgan fingerprint density at radius 2 is 0.600 bits per heavy atom. The normalized spacial score (nSPS) is 13.4. The lowest BCUT2D eigenvalue weighted by atomic mass is 10.1. The topological polar surface area (TPSA) is 61.8 Å². The summed E-state index contributed by atoms with van der Waals surface area (Å²) in [6.45, 7) is 7.37. The highest BCUT2D eigenvalue weighted by molar-refractivity contribution is 5.70. The van der Waals surface area contributed by atoms with Gasteiger partial charge < -0.3 is 14.2 Å². The zero-order valence-electron chi connectivity index (χ0n) is 45.2. The molecule has 0 fully saturated rings. The van der Waals surface area contributed by atoms with Crippen molar-refractivity contribution in [2.45, 2.75) is 232 Å². The van der Waals surface area contributed by atoms with E-state index in [0.717, 1.165) is 154 Å². The van der Waals surface area contributed by atoms with Crippen molar-refractivity contribution >= 4 is 11.9 Å². The number of esters is 2. The van der Waals surface area contributed by atoms with E-state index in [1.165, 1.54) is 38.5 Å². The molecular weight excluding hydrogens is 861 g/mol. The molecule has 0 aliphatic carbocycles. The van der Waals surface area contributed by atoms with Crippen LogP contribution >= 0.6 is 0 Å². The zero-order valence-corrected chi connectivity index (χ0v) is 45.2. The molecular formula is C65H104O5. The van der Waals surface area contributed by atoms with Crippen molar-refractivity contribution in [2.24, 2.45) is 0 Å². The summed E-state index contributed by atoms with van der Waals surface area (Å²) in [4.78, 5) is 25.5. The van der Waals surface area contributed by atoms with Gasteiger partial charge in [0, 0.05) is 19.4 Å². The Bertz CT molecular complexity index is 1510. The summed E-state index contributed by atoms with van der Waals surface area (Å²) < 4.78 is 17.4. The highest BCUT2D eigenvalue weighted by atomic mass is 16.6. The van der Waals surface area contributed by atoms with Gasteiger partial charge in [-0.3, -0.25) is 9.59 Å². The Labute approximate surface area is 431 Å². The first-order valence-corrected chi connectivity index (χ1v) is 28.4. The van der Waals surface area contributed by atoms with Crippen LogP contribution in [0, 0.1) is 0 Å². The van der Waals surface area contributed by atoms with Crippen LogP contribution < -0.4 is 0 Å². The molecule has 70 heavy (non-hydrogen) atoms. The van der Waals surface area contributed by atoms with Gasteiger partial charge in [-0.25, -0.2) is 0 Å². The maximum absolute atomic E-state index is 12.9. The van der Waals surface area contributed by atoms with E-state index in [1.807, 2.05) is 0 Å². The zero-order chi connectivity index (χ0) is 50.6. The van der Waals surface area contributed by atoms with Crippen LogP contribution in [0.3, 0.4) is 0 Å². The highest BCUT2D eigenvalue weighted by Crippen LogP contribution is 2.13. The molecule has 0 aliphatic rings. The van der Waals surface area contributed by atoms with Gasteiger partial charge in [-0.2, -0.15) is 0 Å². The largest absolute Gasteiger partial charge is 0.462 e. The maximum Gasteiger partial charge on any atom is 0.306 e. The van der Waals surface area contributed by atoms with Crippen molar-refractivity contribution in [3.63, 3.8) is 0 Å². The minimum atomic E-state index is -0.579. The van der Waals surface area contributed by atoms with Crippen LogP contribution in [0.5, 0.6) is 0 Å². The average Bonchev–Trinajstić information content (AvgIpc) is 3.36. The molecule has 1 unspecified atom stereocenters. The van der Waals surface area contributed by atoms with E-state index in [0.29, 0.717) is 19.4 Å². The van der Waals surface area contributed by atoms with Gasteiger partial charge in [0.25, 0.3) is 0 Å². The van der Waals surface area contributed by atoms with Crippen molar-refractivity contribution in [1.29, 1.82) is 0 Å². The predicted octanol–water partition coefficient (Wildman–Crippen LogP) is 19.7. The van der Waals surface area contributed by atoms with Crippen LogP contribution in [0.4, 0.5) is 0 Å². The maximum atomic E-state index is 12.9. The molecule has 0 aromatic carbocycles. The van der Waals surface area contributed by atoms with E-state index >= 15 is 0 Å². The molecule has 0 bridgehead atoms. The van der Waals surface area contributed by atoms with Crippen LogP contribution in [0.1, 0.15) is 226 Å². The minimum absolute atomic E-state index is 0.0486. The van der Waals surface area contributed by atoms with E-state index < -0.39 is 6.10 Å². The molecule has 0 aromatic rings. The lowest BCUT2D eigenvalue weighted by Crippen LogP contribution is -2.30. The van der Waals surface area contributed by atoms with E-state index in [2.05, 4.69) is 167 Å². The molecule has 0 aromatic heterocycles.